The first kappa shape index (κ1) is 25.3. The zero-order chi connectivity index (χ0) is 24.8. The molecule has 3 rings (SSSR count). The molecule has 0 radical (unpaired) electrons. The molecule has 1 aliphatic rings. The molecule has 7 heteroatoms. The highest BCUT2D eigenvalue weighted by Crippen LogP contribution is 2.39. The van der Waals surface area contributed by atoms with Gasteiger partial charge in [0.05, 0.1) is 12.0 Å². The van der Waals surface area contributed by atoms with Gasteiger partial charge in [-0.2, -0.15) is 0 Å². The Balaban J connectivity index is 1.64. The molecule has 0 aliphatic heterocycles. The van der Waals surface area contributed by atoms with Crippen molar-refractivity contribution in [2.75, 3.05) is 0 Å². The van der Waals surface area contributed by atoms with Crippen LogP contribution < -0.4 is 9.47 Å². The van der Waals surface area contributed by atoms with Gasteiger partial charge in [-0.15, -0.1) is 0 Å². The van der Waals surface area contributed by atoms with Crippen LogP contribution in [0.1, 0.15) is 91.5 Å². The molecule has 0 heterocycles. The smallest absolute Gasteiger partial charge is 0.303 e. The van der Waals surface area contributed by atoms with Gasteiger partial charge in [0.15, 0.2) is 11.6 Å². The van der Waals surface area contributed by atoms with E-state index in [1.807, 2.05) is 13.8 Å². The Morgan fingerprint density at radius 1 is 0.971 bits per heavy atom. The van der Waals surface area contributed by atoms with Crippen LogP contribution in [0.3, 0.4) is 0 Å². The van der Waals surface area contributed by atoms with Crippen molar-refractivity contribution < 1.29 is 34.1 Å². The fraction of sp³-hybridized carbons (Fsp3) is 0.444. The second-order valence-electron chi connectivity index (χ2n) is 9.07. The standard InChI is InChI=1S/C27H32O7/c1-16(2)26-24(13-11-22(17(3)28)27(26)32)34-21-6-4-5-20(15-21)33-19-9-7-18(8-10-19)23(29)12-14-25(30)31/h7-11,13,16,20-21,32H,4-6,12,14-15H2,1-3H3,(H,30,31)/t20-,21-/m1/s1. The van der Waals surface area contributed by atoms with Crippen LogP contribution in [0.25, 0.3) is 0 Å². The highest BCUT2D eigenvalue weighted by Gasteiger charge is 2.27. The molecular weight excluding hydrogens is 436 g/mol. The summed E-state index contributed by atoms with van der Waals surface area (Å²) in [6.45, 7) is 5.34. The normalized spacial score (nSPS) is 17.9. The second kappa shape index (κ2) is 11.2. The first-order chi connectivity index (χ1) is 16.2. The number of aromatic hydroxyl groups is 1. The van der Waals surface area contributed by atoms with Crippen LogP contribution in [0, 0.1) is 0 Å². The highest BCUT2D eigenvalue weighted by atomic mass is 16.5. The van der Waals surface area contributed by atoms with Gasteiger partial charge >= 0.3 is 5.97 Å². The summed E-state index contributed by atoms with van der Waals surface area (Å²) in [6, 6.07) is 10.1. The van der Waals surface area contributed by atoms with Crippen LogP contribution in [0.2, 0.25) is 0 Å². The third kappa shape index (κ3) is 6.37. The Morgan fingerprint density at radius 3 is 2.21 bits per heavy atom. The number of rotatable bonds is 10. The molecule has 1 aliphatic carbocycles. The van der Waals surface area contributed by atoms with Gasteiger partial charge < -0.3 is 19.7 Å². The van der Waals surface area contributed by atoms with E-state index in [4.69, 9.17) is 14.6 Å². The van der Waals surface area contributed by atoms with Gasteiger partial charge in [-0.3, -0.25) is 14.4 Å². The lowest BCUT2D eigenvalue weighted by Gasteiger charge is -2.31. The molecule has 2 N–H and O–H groups in total. The zero-order valence-electron chi connectivity index (χ0n) is 19.9. The number of phenolic OH excluding ortho intramolecular Hbond substituents is 1. The average molecular weight is 469 g/mol. The van der Waals surface area contributed by atoms with Gasteiger partial charge in [-0.1, -0.05) is 13.8 Å². The van der Waals surface area contributed by atoms with E-state index in [0.29, 0.717) is 34.6 Å². The van der Waals surface area contributed by atoms with E-state index >= 15 is 0 Å². The van der Waals surface area contributed by atoms with Crippen molar-refractivity contribution in [1.29, 1.82) is 0 Å². The number of carbonyl (C=O) groups excluding carboxylic acids is 2. The second-order valence-corrected chi connectivity index (χ2v) is 9.07. The van der Waals surface area contributed by atoms with Crippen molar-refractivity contribution in [2.45, 2.75) is 77.4 Å². The largest absolute Gasteiger partial charge is 0.507 e. The third-order valence-electron chi connectivity index (χ3n) is 6.05. The minimum Gasteiger partial charge on any atom is -0.507 e. The topological polar surface area (TPSA) is 110 Å². The number of phenols is 1. The predicted octanol–water partition coefficient (Wildman–Crippen LogP) is 5.53. The van der Waals surface area contributed by atoms with Crippen LogP contribution in [0.15, 0.2) is 36.4 Å². The van der Waals surface area contributed by atoms with Crippen LogP contribution >= 0.6 is 0 Å². The van der Waals surface area contributed by atoms with Crippen LogP contribution in [-0.4, -0.2) is 40.0 Å². The number of benzene rings is 2. The minimum atomic E-state index is -0.993. The van der Waals surface area contributed by atoms with Gasteiger partial charge in [0.2, 0.25) is 0 Å². The monoisotopic (exact) mass is 468 g/mol. The Hall–Kier alpha value is -3.35. The van der Waals surface area contributed by atoms with Crippen molar-refractivity contribution in [2.24, 2.45) is 0 Å². The first-order valence-corrected chi connectivity index (χ1v) is 11.7. The zero-order valence-corrected chi connectivity index (χ0v) is 19.9. The maximum Gasteiger partial charge on any atom is 0.303 e. The van der Waals surface area contributed by atoms with E-state index in [2.05, 4.69) is 0 Å². The van der Waals surface area contributed by atoms with Crippen molar-refractivity contribution in [3.8, 4) is 17.2 Å². The molecule has 0 aromatic heterocycles. The maximum absolute atomic E-state index is 12.1. The summed E-state index contributed by atoms with van der Waals surface area (Å²) < 4.78 is 12.4. The SMILES string of the molecule is CC(=O)c1ccc(O[C@@H]2CCC[C@@H](Oc3ccc(C(=O)CCC(=O)O)cc3)C2)c(C(C)C)c1O. The molecule has 0 spiro atoms. The summed E-state index contributed by atoms with van der Waals surface area (Å²) in [5, 5.41) is 19.4. The van der Waals surface area contributed by atoms with Gasteiger partial charge in [0.1, 0.15) is 29.5 Å². The lowest BCUT2D eigenvalue weighted by atomic mass is 9.93. The fourth-order valence-electron chi connectivity index (χ4n) is 4.31. The van der Waals surface area contributed by atoms with Crippen LogP contribution in [0.5, 0.6) is 17.2 Å². The number of Topliss-reactive ketones (excluding diaryl/α,β-unsaturated/α-hetero) is 2. The van der Waals surface area contributed by atoms with E-state index in [1.54, 1.807) is 36.4 Å². The van der Waals surface area contributed by atoms with Crippen molar-refractivity contribution in [3.63, 3.8) is 0 Å². The van der Waals surface area contributed by atoms with Gasteiger partial charge in [0, 0.05) is 24.0 Å². The molecule has 182 valence electrons. The number of carboxylic acids is 1. The number of ketones is 2. The molecule has 7 nitrogen and oxygen atoms in total. The molecule has 2 atom stereocenters. The van der Waals surface area contributed by atoms with E-state index in [9.17, 15) is 19.5 Å². The number of hydrogen-bond donors (Lipinski definition) is 2. The predicted molar refractivity (Wildman–Crippen MR) is 127 cm³/mol. The lowest BCUT2D eigenvalue weighted by Crippen LogP contribution is -2.32. The van der Waals surface area contributed by atoms with Crippen molar-refractivity contribution in [1.82, 2.24) is 0 Å². The Bertz CT molecular complexity index is 1040. The Morgan fingerprint density at radius 2 is 1.62 bits per heavy atom. The Kier molecular flexibility index (Phi) is 8.31. The molecule has 2 aromatic rings. The average Bonchev–Trinajstić information content (AvgIpc) is 2.78. The molecular formula is C27H32O7. The maximum atomic E-state index is 12.1. The van der Waals surface area contributed by atoms with Gasteiger partial charge in [-0.25, -0.2) is 0 Å². The minimum absolute atomic E-state index is 0.0124. The summed E-state index contributed by atoms with van der Waals surface area (Å²) in [5.74, 6) is -0.179. The molecule has 0 amide bonds. The van der Waals surface area contributed by atoms with E-state index in [1.165, 1.54) is 6.92 Å². The Labute approximate surface area is 199 Å². The number of hydrogen-bond acceptors (Lipinski definition) is 6. The number of ether oxygens (including phenoxy) is 2. The summed E-state index contributed by atoms with van der Waals surface area (Å²) in [4.78, 5) is 34.5. The van der Waals surface area contributed by atoms with Gasteiger partial charge in [-0.05, 0) is 68.5 Å². The van der Waals surface area contributed by atoms with E-state index < -0.39 is 5.97 Å². The highest BCUT2D eigenvalue weighted by molar-refractivity contribution is 5.98. The number of aliphatic carboxylic acids is 1. The van der Waals surface area contributed by atoms with Crippen molar-refractivity contribution in [3.05, 3.63) is 53.1 Å². The van der Waals surface area contributed by atoms with Crippen LogP contribution in [0.4, 0.5) is 0 Å². The molecule has 0 bridgehead atoms. The first-order valence-electron chi connectivity index (χ1n) is 11.7. The summed E-state index contributed by atoms with van der Waals surface area (Å²) in [7, 11) is 0. The molecule has 0 saturated heterocycles. The lowest BCUT2D eigenvalue weighted by molar-refractivity contribution is -0.136. The summed E-state index contributed by atoms with van der Waals surface area (Å²) in [6.07, 6.45) is 2.98. The van der Waals surface area contributed by atoms with Crippen LogP contribution in [-0.2, 0) is 4.79 Å². The molecule has 34 heavy (non-hydrogen) atoms. The molecule has 1 saturated carbocycles. The molecule has 1 fully saturated rings. The van der Waals surface area contributed by atoms with E-state index in [-0.39, 0.29) is 48.3 Å². The number of carbonyl (C=O) groups is 3. The van der Waals surface area contributed by atoms with E-state index in [0.717, 1.165) is 19.3 Å². The number of carboxylic acid groups (broad SMARTS) is 1. The fourth-order valence-corrected chi connectivity index (χ4v) is 4.31. The summed E-state index contributed by atoms with van der Waals surface area (Å²) >= 11 is 0. The quantitative estimate of drug-likeness (QED) is 0.441. The van der Waals surface area contributed by atoms with Gasteiger partial charge in [0.25, 0.3) is 0 Å². The van der Waals surface area contributed by atoms with Crippen molar-refractivity contribution >= 4 is 17.5 Å². The molecule has 0 unspecified atom stereocenters. The summed E-state index contributed by atoms with van der Waals surface area (Å²) in [5.41, 5.74) is 1.40. The molecule has 2 aromatic carbocycles. The third-order valence-corrected chi connectivity index (χ3v) is 6.05.